The highest BCUT2D eigenvalue weighted by Gasteiger charge is 2.21. The fourth-order valence-corrected chi connectivity index (χ4v) is 3.27. The Morgan fingerprint density at radius 1 is 1.16 bits per heavy atom. The summed E-state index contributed by atoms with van der Waals surface area (Å²) in [5, 5.41) is 5.01. The van der Waals surface area contributed by atoms with E-state index in [1.807, 2.05) is 6.07 Å². The zero-order valence-electron chi connectivity index (χ0n) is 11.6. The van der Waals surface area contributed by atoms with Gasteiger partial charge < -0.3 is 5.32 Å². The summed E-state index contributed by atoms with van der Waals surface area (Å²) in [5.41, 5.74) is 1.35. The highest BCUT2D eigenvalue weighted by atomic mass is 35.5. The Kier molecular flexibility index (Phi) is 6.00. The molecule has 1 saturated carbocycles. The van der Waals surface area contributed by atoms with Crippen LogP contribution >= 0.6 is 23.2 Å². The molecule has 2 atom stereocenters. The third kappa shape index (κ3) is 4.37. The van der Waals surface area contributed by atoms with Gasteiger partial charge in [-0.25, -0.2) is 0 Å². The number of nitrogens with one attached hydrogen (secondary N) is 1. The normalized spacial score (nSPS) is 24.2. The van der Waals surface area contributed by atoms with Crippen LogP contribution in [0.4, 0.5) is 0 Å². The van der Waals surface area contributed by atoms with Crippen molar-refractivity contribution in [3.63, 3.8) is 0 Å². The lowest BCUT2D eigenvalue weighted by Gasteiger charge is -2.21. The van der Waals surface area contributed by atoms with Crippen LogP contribution in [0, 0.1) is 0 Å². The lowest BCUT2D eigenvalue weighted by Crippen LogP contribution is -2.30. The van der Waals surface area contributed by atoms with Crippen molar-refractivity contribution in [3.05, 3.63) is 33.8 Å². The lowest BCUT2D eigenvalue weighted by molar-refractivity contribution is 0.439. The van der Waals surface area contributed by atoms with Crippen molar-refractivity contribution in [1.29, 1.82) is 0 Å². The van der Waals surface area contributed by atoms with E-state index >= 15 is 0 Å². The minimum absolute atomic E-state index is 0.617. The molecule has 0 amide bonds. The first kappa shape index (κ1) is 15.2. The number of hydrogen-bond donors (Lipinski definition) is 1. The minimum atomic E-state index is 0.617. The third-order valence-corrected chi connectivity index (χ3v) is 4.76. The van der Waals surface area contributed by atoms with Gasteiger partial charge in [0, 0.05) is 6.04 Å². The van der Waals surface area contributed by atoms with Gasteiger partial charge in [0.15, 0.2) is 0 Å². The van der Waals surface area contributed by atoms with Crippen LogP contribution in [0.25, 0.3) is 0 Å². The molecule has 0 bridgehead atoms. The fourth-order valence-electron chi connectivity index (χ4n) is 2.96. The summed E-state index contributed by atoms with van der Waals surface area (Å²) >= 11 is 12.2. The maximum absolute atomic E-state index is 6.15. The summed E-state index contributed by atoms with van der Waals surface area (Å²) in [4.78, 5) is 0. The molecule has 0 radical (unpaired) electrons. The van der Waals surface area contributed by atoms with Gasteiger partial charge in [-0.2, -0.15) is 0 Å². The first-order valence-electron chi connectivity index (χ1n) is 7.39. The van der Waals surface area contributed by atoms with Crippen LogP contribution < -0.4 is 5.32 Å². The van der Waals surface area contributed by atoms with Gasteiger partial charge in [-0.05, 0) is 55.8 Å². The average Bonchev–Trinajstić information content (AvgIpc) is 2.65. The maximum Gasteiger partial charge on any atom is 0.0595 e. The Hall–Kier alpha value is -0.240. The molecule has 2 unspecified atom stereocenters. The van der Waals surface area contributed by atoms with Crippen molar-refractivity contribution in [3.8, 4) is 0 Å². The van der Waals surface area contributed by atoms with E-state index in [0.29, 0.717) is 22.0 Å². The highest BCUT2D eigenvalue weighted by Crippen LogP contribution is 2.34. The van der Waals surface area contributed by atoms with Gasteiger partial charge in [-0.15, -0.1) is 0 Å². The van der Waals surface area contributed by atoms with Gasteiger partial charge in [-0.1, -0.05) is 49.0 Å². The molecule has 19 heavy (non-hydrogen) atoms. The smallest absolute Gasteiger partial charge is 0.0595 e. The standard InChI is InChI=1S/C16H23Cl2N/c1-2-9-19-14-6-4-3-5-12(10-14)13-7-8-15(17)16(18)11-13/h7-8,11-12,14,19H,2-6,9-10H2,1H3. The van der Waals surface area contributed by atoms with E-state index in [4.69, 9.17) is 23.2 Å². The fraction of sp³-hybridized carbons (Fsp3) is 0.625. The molecule has 3 heteroatoms. The summed E-state index contributed by atoms with van der Waals surface area (Å²) in [6, 6.07) is 6.78. The molecule has 1 aromatic rings. The summed E-state index contributed by atoms with van der Waals surface area (Å²) in [7, 11) is 0. The zero-order valence-corrected chi connectivity index (χ0v) is 13.1. The van der Waals surface area contributed by atoms with Gasteiger partial charge in [-0.3, -0.25) is 0 Å². The molecule has 0 spiro atoms. The largest absolute Gasteiger partial charge is 0.314 e. The van der Waals surface area contributed by atoms with Crippen molar-refractivity contribution < 1.29 is 0 Å². The second-order valence-electron chi connectivity index (χ2n) is 5.54. The molecule has 1 fully saturated rings. The Morgan fingerprint density at radius 3 is 2.68 bits per heavy atom. The van der Waals surface area contributed by atoms with Crippen molar-refractivity contribution in [2.24, 2.45) is 0 Å². The van der Waals surface area contributed by atoms with Crippen LogP contribution in [0.3, 0.4) is 0 Å². The number of rotatable bonds is 4. The van der Waals surface area contributed by atoms with Gasteiger partial charge in [0.25, 0.3) is 0 Å². The van der Waals surface area contributed by atoms with Crippen LogP contribution in [-0.4, -0.2) is 12.6 Å². The van der Waals surface area contributed by atoms with Gasteiger partial charge in [0.05, 0.1) is 10.0 Å². The van der Waals surface area contributed by atoms with E-state index in [1.165, 1.54) is 44.1 Å². The molecule has 0 saturated heterocycles. The van der Waals surface area contributed by atoms with Crippen LogP contribution in [0.5, 0.6) is 0 Å². The molecule has 0 aliphatic heterocycles. The zero-order chi connectivity index (χ0) is 13.7. The van der Waals surface area contributed by atoms with Crippen LogP contribution in [0.1, 0.15) is 56.9 Å². The summed E-state index contributed by atoms with van der Waals surface area (Å²) in [6.07, 6.45) is 7.64. The summed E-state index contributed by atoms with van der Waals surface area (Å²) < 4.78 is 0. The van der Waals surface area contributed by atoms with Crippen molar-refractivity contribution in [2.75, 3.05) is 6.54 Å². The summed E-state index contributed by atoms with van der Waals surface area (Å²) in [6.45, 7) is 3.35. The highest BCUT2D eigenvalue weighted by molar-refractivity contribution is 6.42. The van der Waals surface area contributed by atoms with Crippen molar-refractivity contribution >= 4 is 23.2 Å². The number of hydrogen-bond acceptors (Lipinski definition) is 1. The monoisotopic (exact) mass is 299 g/mol. The van der Waals surface area contributed by atoms with Gasteiger partial charge in [0.1, 0.15) is 0 Å². The number of benzene rings is 1. The van der Waals surface area contributed by atoms with Crippen LogP contribution in [0.15, 0.2) is 18.2 Å². The maximum atomic E-state index is 6.15. The van der Waals surface area contributed by atoms with E-state index in [1.54, 1.807) is 0 Å². The molecule has 2 rings (SSSR count). The van der Waals surface area contributed by atoms with Crippen molar-refractivity contribution in [2.45, 2.75) is 57.4 Å². The second-order valence-corrected chi connectivity index (χ2v) is 6.36. The van der Waals surface area contributed by atoms with Gasteiger partial charge in [0.2, 0.25) is 0 Å². The molecule has 0 heterocycles. The average molecular weight is 300 g/mol. The molecular formula is C16H23Cl2N. The quantitative estimate of drug-likeness (QED) is 0.733. The molecule has 1 aliphatic rings. The van der Waals surface area contributed by atoms with E-state index in [0.717, 1.165) is 6.54 Å². The minimum Gasteiger partial charge on any atom is -0.314 e. The predicted molar refractivity (Wildman–Crippen MR) is 84.4 cm³/mol. The Labute approximate surface area is 126 Å². The first-order valence-corrected chi connectivity index (χ1v) is 8.14. The molecule has 1 N–H and O–H groups in total. The van der Waals surface area contributed by atoms with E-state index in [2.05, 4.69) is 24.4 Å². The summed E-state index contributed by atoms with van der Waals surface area (Å²) in [5.74, 6) is 0.617. The van der Waals surface area contributed by atoms with E-state index < -0.39 is 0 Å². The van der Waals surface area contributed by atoms with Gasteiger partial charge >= 0.3 is 0 Å². The number of halogens is 2. The SMILES string of the molecule is CCCNC1CCCCC(c2ccc(Cl)c(Cl)c2)C1. The van der Waals surface area contributed by atoms with E-state index in [-0.39, 0.29) is 0 Å². The van der Waals surface area contributed by atoms with E-state index in [9.17, 15) is 0 Å². The molecule has 1 aromatic carbocycles. The first-order chi connectivity index (χ1) is 9.20. The Bertz CT molecular complexity index is 406. The molecular weight excluding hydrogens is 277 g/mol. The Morgan fingerprint density at radius 2 is 1.95 bits per heavy atom. The molecule has 0 aromatic heterocycles. The Balaban J connectivity index is 2.06. The van der Waals surface area contributed by atoms with Crippen LogP contribution in [0.2, 0.25) is 10.0 Å². The topological polar surface area (TPSA) is 12.0 Å². The third-order valence-electron chi connectivity index (χ3n) is 4.02. The molecule has 1 aliphatic carbocycles. The second kappa shape index (κ2) is 7.52. The molecule has 106 valence electrons. The predicted octanol–water partition coefficient (Wildman–Crippen LogP) is 5.41. The lowest BCUT2D eigenvalue weighted by atomic mass is 9.90. The van der Waals surface area contributed by atoms with Crippen molar-refractivity contribution in [1.82, 2.24) is 5.32 Å². The molecule has 1 nitrogen and oxygen atoms in total. The van der Waals surface area contributed by atoms with Crippen LogP contribution in [-0.2, 0) is 0 Å².